The summed E-state index contributed by atoms with van der Waals surface area (Å²) in [4.78, 5) is 4.24. The van der Waals surface area contributed by atoms with Gasteiger partial charge in [-0.15, -0.1) is 10.2 Å². The highest BCUT2D eigenvalue weighted by Crippen LogP contribution is 2.29. The normalized spacial score (nSPS) is 14.0. The standard InChI is InChI=1S/C13H13N5O.C5H10O/c1-8-3-4-9(10(19)7-8)12-17-16-11(14-2)13-15-5-6-18(12)13;1-2-4-6-5-3-1/h3-7,19H,1-2H3,(H,14,16);1-5H2. The van der Waals surface area contributed by atoms with Crippen LogP contribution in [-0.4, -0.2) is 45.0 Å². The van der Waals surface area contributed by atoms with Crippen molar-refractivity contribution in [1.82, 2.24) is 19.6 Å². The third-order valence-electron chi connectivity index (χ3n) is 4.03. The van der Waals surface area contributed by atoms with Crippen molar-refractivity contribution in [1.29, 1.82) is 0 Å². The minimum atomic E-state index is 0.182. The maximum atomic E-state index is 10.1. The Bertz CT molecular complexity index is 831. The summed E-state index contributed by atoms with van der Waals surface area (Å²) >= 11 is 0. The number of phenolic OH excluding ortho intramolecular Hbond substituents is 1. The van der Waals surface area contributed by atoms with E-state index in [1.807, 2.05) is 19.1 Å². The molecule has 0 unspecified atom stereocenters. The predicted molar refractivity (Wildman–Crippen MR) is 96.8 cm³/mol. The predicted octanol–water partition coefficient (Wildman–Crippen LogP) is 3.03. The summed E-state index contributed by atoms with van der Waals surface area (Å²) in [5.41, 5.74) is 2.29. The molecule has 3 heterocycles. The molecule has 7 heteroatoms. The van der Waals surface area contributed by atoms with Crippen LogP contribution >= 0.6 is 0 Å². The number of rotatable bonds is 2. The molecule has 1 fully saturated rings. The number of imidazole rings is 1. The maximum Gasteiger partial charge on any atom is 0.192 e. The Morgan fingerprint density at radius 2 is 1.96 bits per heavy atom. The van der Waals surface area contributed by atoms with Gasteiger partial charge in [0.25, 0.3) is 0 Å². The number of aromatic nitrogens is 4. The molecule has 1 aromatic carbocycles. The van der Waals surface area contributed by atoms with E-state index >= 15 is 0 Å². The molecule has 3 aromatic rings. The van der Waals surface area contributed by atoms with E-state index in [9.17, 15) is 5.11 Å². The van der Waals surface area contributed by atoms with Gasteiger partial charge < -0.3 is 15.2 Å². The van der Waals surface area contributed by atoms with Crippen molar-refractivity contribution < 1.29 is 9.84 Å². The topological polar surface area (TPSA) is 84.6 Å². The number of benzene rings is 1. The van der Waals surface area contributed by atoms with Crippen molar-refractivity contribution in [3.05, 3.63) is 36.2 Å². The highest BCUT2D eigenvalue weighted by Gasteiger charge is 2.13. The zero-order valence-electron chi connectivity index (χ0n) is 14.6. The van der Waals surface area contributed by atoms with Crippen LogP contribution in [0, 0.1) is 6.92 Å². The van der Waals surface area contributed by atoms with E-state index in [-0.39, 0.29) is 5.75 Å². The SMILES string of the molecule is C1CCOCC1.CNc1nnc(-c2ccc(C)cc2O)n2ccnc12. The fourth-order valence-electron chi connectivity index (χ4n) is 2.70. The van der Waals surface area contributed by atoms with Crippen LogP contribution in [0.15, 0.2) is 30.6 Å². The first-order valence-corrected chi connectivity index (χ1v) is 8.46. The van der Waals surface area contributed by atoms with E-state index in [0.717, 1.165) is 18.8 Å². The number of hydrogen-bond donors (Lipinski definition) is 2. The molecule has 0 spiro atoms. The Morgan fingerprint density at radius 3 is 2.56 bits per heavy atom. The lowest BCUT2D eigenvalue weighted by molar-refractivity contribution is 0.0968. The molecular formula is C18H23N5O2. The van der Waals surface area contributed by atoms with Crippen LogP contribution in [0.4, 0.5) is 5.82 Å². The van der Waals surface area contributed by atoms with Gasteiger partial charge in [-0.1, -0.05) is 6.07 Å². The largest absolute Gasteiger partial charge is 0.507 e. The molecule has 1 aliphatic heterocycles. The summed E-state index contributed by atoms with van der Waals surface area (Å²) in [6.07, 6.45) is 7.40. The van der Waals surface area contributed by atoms with Gasteiger partial charge in [-0.2, -0.15) is 0 Å². The lowest BCUT2D eigenvalue weighted by Crippen LogP contribution is -2.03. The third kappa shape index (κ3) is 3.88. The molecule has 4 rings (SSSR count). The van der Waals surface area contributed by atoms with E-state index < -0.39 is 0 Å². The highest BCUT2D eigenvalue weighted by molar-refractivity contribution is 5.70. The number of phenols is 1. The first-order valence-electron chi connectivity index (χ1n) is 8.46. The number of aromatic hydroxyl groups is 1. The van der Waals surface area contributed by atoms with E-state index in [2.05, 4.69) is 20.5 Å². The quantitative estimate of drug-likeness (QED) is 0.745. The molecular weight excluding hydrogens is 318 g/mol. The van der Waals surface area contributed by atoms with Crippen molar-refractivity contribution in [3.8, 4) is 17.1 Å². The molecule has 0 atom stereocenters. The molecule has 0 aliphatic carbocycles. The zero-order chi connectivity index (χ0) is 17.6. The van der Waals surface area contributed by atoms with Gasteiger partial charge in [0.2, 0.25) is 0 Å². The Labute approximate surface area is 146 Å². The van der Waals surface area contributed by atoms with Gasteiger partial charge in [0.1, 0.15) is 5.75 Å². The molecule has 7 nitrogen and oxygen atoms in total. The van der Waals surface area contributed by atoms with Gasteiger partial charge in [0, 0.05) is 32.7 Å². The zero-order valence-corrected chi connectivity index (χ0v) is 14.6. The fourth-order valence-corrected chi connectivity index (χ4v) is 2.70. The summed E-state index contributed by atoms with van der Waals surface area (Å²) in [5, 5.41) is 21.2. The second-order valence-corrected chi connectivity index (χ2v) is 5.94. The minimum Gasteiger partial charge on any atom is -0.507 e. The van der Waals surface area contributed by atoms with Crippen molar-refractivity contribution in [3.63, 3.8) is 0 Å². The Kier molecular flexibility index (Phi) is 5.45. The van der Waals surface area contributed by atoms with Crippen LogP contribution in [0.3, 0.4) is 0 Å². The minimum absolute atomic E-state index is 0.182. The van der Waals surface area contributed by atoms with Crippen molar-refractivity contribution >= 4 is 11.5 Å². The average molecular weight is 341 g/mol. The molecule has 0 amide bonds. The first-order chi connectivity index (χ1) is 12.2. The molecule has 1 aliphatic rings. The Hall–Kier alpha value is -2.67. The molecule has 0 radical (unpaired) electrons. The Morgan fingerprint density at radius 1 is 1.16 bits per heavy atom. The first kappa shape index (κ1) is 17.2. The van der Waals surface area contributed by atoms with Gasteiger partial charge in [-0.05, 0) is 43.9 Å². The summed E-state index contributed by atoms with van der Waals surface area (Å²) < 4.78 is 6.86. The highest BCUT2D eigenvalue weighted by atomic mass is 16.5. The van der Waals surface area contributed by atoms with Gasteiger partial charge >= 0.3 is 0 Å². The lowest BCUT2D eigenvalue weighted by atomic mass is 10.1. The van der Waals surface area contributed by atoms with Gasteiger partial charge in [0.15, 0.2) is 17.3 Å². The van der Waals surface area contributed by atoms with Crippen molar-refractivity contribution in [2.75, 3.05) is 25.6 Å². The van der Waals surface area contributed by atoms with Crippen LogP contribution < -0.4 is 5.32 Å². The number of nitrogens with one attached hydrogen (secondary N) is 1. The second kappa shape index (κ2) is 7.94. The number of ether oxygens (including phenoxy) is 1. The van der Waals surface area contributed by atoms with E-state index in [0.29, 0.717) is 22.9 Å². The van der Waals surface area contributed by atoms with E-state index in [1.54, 1.807) is 29.9 Å². The van der Waals surface area contributed by atoms with Crippen LogP contribution in [0.1, 0.15) is 24.8 Å². The number of fused-ring (bicyclic) bond motifs is 1. The average Bonchev–Trinajstić information content (AvgIpc) is 3.13. The van der Waals surface area contributed by atoms with Crippen LogP contribution in [-0.2, 0) is 4.74 Å². The molecule has 25 heavy (non-hydrogen) atoms. The molecule has 132 valence electrons. The van der Waals surface area contributed by atoms with E-state index in [4.69, 9.17) is 4.74 Å². The number of nitrogens with zero attached hydrogens (tertiary/aromatic N) is 4. The third-order valence-corrected chi connectivity index (χ3v) is 4.03. The molecule has 2 aromatic heterocycles. The summed E-state index contributed by atoms with van der Waals surface area (Å²) in [6, 6.07) is 5.45. The van der Waals surface area contributed by atoms with Crippen molar-refractivity contribution in [2.45, 2.75) is 26.2 Å². The maximum absolute atomic E-state index is 10.1. The van der Waals surface area contributed by atoms with Gasteiger partial charge in [-0.25, -0.2) is 4.98 Å². The van der Waals surface area contributed by atoms with E-state index in [1.165, 1.54) is 19.3 Å². The van der Waals surface area contributed by atoms with Crippen LogP contribution in [0.5, 0.6) is 5.75 Å². The number of anilines is 1. The van der Waals surface area contributed by atoms with Gasteiger partial charge in [0.05, 0.1) is 5.56 Å². The van der Waals surface area contributed by atoms with Crippen LogP contribution in [0.2, 0.25) is 0 Å². The smallest absolute Gasteiger partial charge is 0.192 e. The molecule has 0 bridgehead atoms. The number of aryl methyl sites for hydroxylation is 1. The monoisotopic (exact) mass is 341 g/mol. The lowest BCUT2D eigenvalue weighted by Gasteiger charge is -2.08. The molecule has 1 saturated heterocycles. The molecule has 0 saturated carbocycles. The summed E-state index contributed by atoms with van der Waals surface area (Å²) in [5.74, 6) is 1.34. The summed E-state index contributed by atoms with van der Waals surface area (Å²) in [6.45, 7) is 3.92. The second-order valence-electron chi connectivity index (χ2n) is 5.94. The number of hydrogen-bond acceptors (Lipinski definition) is 6. The van der Waals surface area contributed by atoms with Gasteiger partial charge in [-0.3, -0.25) is 4.40 Å². The Balaban J connectivity index is 0.000000258. The van der Waals surface area contributed by atoms with Crippen LogP contribution in [0.25, 0.3) is 17.0 Å². The summed E-state index contributed by atoms with van der Waals surface area (Å²) in [7, 11) is 1.77. The molecule has 2 N–H and O–H groups in total. The fraction of sp³-hybridized carbons (Fsp3) is 0.389. The van der Waals surface area contributed by atoms with Crippen molar-refractivity contribution in [2.24, 2.45) is 0 Å².